The summed E-state index contributed by atoms with van der Waals surface area (Å²) in [6, 6.07) is 18.2. The first kappa shape index (κ1) is 26.4. The summed E-state index contributed by atoms with van der Waals surface area (Å²) in [5.41, 5.74) is 5.10. The number of benzene rings is 3. The predicted octanol–water partition coefficient (Wildman–Crippen LogP) is 6.81. The van der Waals surface area contributed by atoms with E-state index in [0.29, 0.717) is 34.9 Å². The molecular weight excluding hydrogens is 499 g/mol. The Morgan fingerprint density at radius 1 is 1.00 bits per heavy atom. The molecule has 0 atom stereocenters. The highest BCUT2D eigenvalue weighted by Crippen LogP contribution is 2.24. The van der Waals surface area contributed by atoms with Crippen LogP contribution in [0.15, 0.2) is 78.2 Å². The topological polar surface area (TPSA) is 90.6 Å². The molecule has 1 amide bonds. The van der Waals surface area contributed by atoms with Crippen LogP contribution in [-0.4, -0.2) is 32.9 Å². The normalized spacial score (nSPS) is 11.8. The second-order valence-electron chi connectivity index (χ2n) is 8.29. The van der Waals surface area contributed by atoms with Gasteiger partial charge in [0, 0.05) is 11.3 Å². The van der Waals surface area contributed by atoms with Crippen LogP contribution in [-0.2, 0) is 4.84 Å². The Bertz CT molecular complexity index is 1430. The lowest BCUT2D eigenvalue weighted by molar-refractivity contribution is -0.274. The number of oxime groups is 1. The lowest BCUT2D eigenvalue weighted by Crippen LogP contribution is -2.17. The van der Waals surface area contributed by atoms with Gasteiger partial charge >= 0.3 is 12.5 Å². The summed E-state index contributed by atoms with van der Waals surface area (Å²) in [7, 11) is 0. The van der Waals surface area contributed by atoms with Gasteiger partial charge < -0.3 is 4.74 Å². The number of rotatable bonds is 7. The number of anilines is 1. The molecule has 4 rings (SSSR count). The number of carbonyl (C=O) groups excluding carboxylic acids is 1. The Kier molecular flexibility index (Phi) is 7.75. The maximum absolute atomic E-state index is 12.4. The molecule has 1 heterocycles. The molecular formula is C27H24F3N5O3. The third-order valence-electron chi connectivity index (χ3n) is 5.58. The highest BCUT2D eigenvalue weighted by molar-refractivity contribution is 6.01. The quantitative estimate of drug-likeness (QED) is 0.163. The van der Waals surface area contributed by atoms with Gasteiger partial charge in [-0.15, -0.1) is 18.3 Å². The Morgan fingerprint density at radius 3 is 2.26 bits per heavy atom. The molecule has 0 bridgehead atoms. The van der Waals surface area contributed by atoms with E-state index in [2.05, 4.69) is 25.3 Å². The van der Waals surface area contributed by atoms with Crippen molar-refractivity contribution in [1.29, 1.82) is 0 Å². The van der Waals surface area contributed by atoms with E-state index in [9.17, 15) is 18.0 Å². The van der Waals surface area contributed by atoms with Gasteiger partial charge in [0.25, 0.3) is 0 Å². The Morgan fingerprint density at radius 2 is 1.66 bits per heavy atom. The van der Waals surface area contributed by atoms with Crippen molar-refractivity contribution in [2.75, 3.05) is 5.32 Å². The molecule has 3 aromatic carbocycles. The number of hydrogen-bond acceptors (Lipinski definition) is 6. The first-order chi connectivity index (χ1) is 18.1. The van der Waals surface area contributed by atoms with Crippen molar-refractivity contribution in [2.45, 2.75) is 33.6 Å². The van der Waals surface area contributed by atoms with E-state index >= 15 is 0 Å². The lowest BCUT2D eigenvalue weighted by atomic mass is 10.1. The Balaban J connectivity index is 1.42. The van der Waals surface area contributed by atoms with E-state index in [4.69, 9.17) is 4.84 Å². The van der Waals surface area contributed by atoms with Gasteiger partial charge in [0.15, 0.2) is 5.82 Å². The highest BCUT2D eigenvalue weighted by Gasteiger charge is 2.31. The number of hydrogen-bond donors (Lipinski definition) is 1. The standard InChI is InChI=1S/C27H24F3N5O3/c1-4-23(34-38-26(36)32-24-17(2)6-5-7-18(24)3)19-8-10-20(11-9-19)25-31-16-35(33-25)21-12-14-22(15-13-21)37-27(28,29)30/h5-16H,4H2,1-3H3,(H,32,36)/b34-23+. The molecule has 0 saturated heterocycles. The third-order valence-corrected chi connectivity index (χ3v) is 5.58. The molecule has 1 N–H and O–H groups in total. The van der Waals surface area contributed by atoms with Gasteiger partial charge in [-0.1, -0.05) is 54.5 Å². The molecule has 1 aromatic heterocycles. The van der Waals surface area contributed by atoms with Crippen LogP contribution < -0.4 is 10.1 Å². The number of aromatic nitrogens is 3. The van der Waals surface area contributed by atoms with Gasteiger partial charge in [-0.05, 0) is 61.2 Å². The maximum atomic E-state index is 12.4. The SMILES string of the molecule is CC/C(=N\OC(=O)Nc1c(C)cccc1C)c1ccc(-c2ncn(-c3ccc(OC(F)(F)F)cc3)n2)cc1. The van der Waals surface area contributed by atoms with Crippen LogP contribution >= 0.6 is 0 Å². The van der Waals surface area contributed by atoms with Gasteiger partial charge in [0.1, 0.15) is 12.1 Å². The van der Waals surface area contributed by atoms with Crippen molar-refractivity contribution in [1.82, 2.24) is 14.8 Å². The number of carbonyl (C=O) groups is 1. The fourth-order valence-corrected chi connectivity index (χ4v) is 3.69. The molecule has 0 radical (unpaired) electrons. The van der Waals surface area contributed by atoms with E-state index in [-0.39, 0.29) is 5.75 Å². The van der Waals surface area contributed by atoms with Gasteiger partial charge in [-0.25, -0.2) is 14.5 Å². The zero-order chi connectivity index (χ0) is 27.3. The van der Waals surface area contributed by atoms with Crippen LogP contribution in [0.25, 0.3) is 17.1 Å². The van der Waals surface area contributed by atoms with Crippen molar-refractivity contribution in [3.63, 3.8) is 0 Å². The Hall–Kier alpha value is -4.67. The summed E-state index contributed by atoms with van der Waals surface area (Å²) in [5, 5.41) is 11.2. The molecule has 0 saturated carbocycles. The summed E-state index contributed by atoms with van der Waals surface area (Å²) in [6.07, 6.45) is -3.45. The van der Waals surface area contributed by atoms with Crippen molar-refractivity contribution < 1.29 is 27.5 Å². The number of aryl methyl sites for hydroxylation is 2. The zero-order valence-corrected chi connectivity index (χ0v) is 20.8. The molecule has 0 aliphatic rings. The van der Waals surface area contributed by atoms with Crippen molar-refractivity contribution in [2.24, 2.45) is 5.16 Å². The molecule has 196 valence electrons. The summed E-state index contributed by atoms with van der Waals surface area (Å²) >= 11 is 0. The van der Waals surface area contributed by atoms with Crippen LogP contribution in [0.4, 0.5) is 23.7 Å². The van der Waals surface area contributed by atoms with Gasteiger partial charge in [-0.3, -0.25) is 10.2 Å². The van der Waals surface area contributed by atoms with Crippen LogP contribution in [0.3, 0.4) is 0 Å². The van der Waals surface area contributed by atoms with Crippen molar-refractivity contribution in [3.05, 3.63) is 89.7 Å². The van der Waals surface area contributed by atoms with Crippen LogP contribution in [0.2, 0.25) is 0 Å². The third kappa shape index (κ3) is 6.55. The number of ether oxygens (including phenoxy) is 1. The minimum atomic E-state index is -4.75. The van der Waals surface area contributed by atoms with E-state index in [1.807, 2.05) is 51.1 Å². The minimum Gasteiger partial charge on any atom is -0.406 e. The van der Waals surface area contributed by atoms with E-state index in [0.717, 1.165) is 16.7 Å². The smallest absolute Gasteiger partial charge is 0.406 e. The van der Waals surface area contributed by atoms with Gasteiger partial charge in [-0.2, -0.15) is 0 Å². The summed E-state index contributed by atoms with van der Waals surface area (Å²) in [5.74, 6) is 0.101. The van der Waals surface area contributed by atoms with Crippen LogP contribution in [0.1, 0.15) is 30.0 Å². The predicted molar refractivity (Wildman–Crippen MR) is 136 cm³/mol. The Labute approximate surface area is 216 Å². The number of nitrogens with one attached hydrogen (secondary N) is 1. The first-order valence-corrected chi connectivity index (χ1v) is 11.6. The molecule has 4 aromatic rings. The monoisotopic (exact) mass is 523 g/mol. The second kappa shape index (κ2) is 11.2. The minimum absolute atomic E-state index is 0.322. The average molecular weight is 524 g/mol. The summed E-state index contributed by atoms with van der Waals surface area (Å²) < 4.78 is 42.4. The lowest BCUT2D eigenvalue weighted by Gasteiger charge is -2.10. The number of amides is 1. The van der Waals surface area contributed by atoms with Crippen molar-refractivity contribution >= 4 is 17.5 Å². The fraction of sp³-hybridized carbons (Fsp3) is 0.185. The molecule has 0 unspecified atom stereocenters. The molecule has 8 nitrogen and oxygen atoms in total. The molecule has 0 aliphatic heterocycles. The molecule has 0 aliphatic carbocycles. The van der Waals surface area contributed by atoms with E-state index < -0.39 is 12.5 Å². The number of alkyl halides is 3. The largest absolute Gasteiger partial charge is 0.573 e. The van der Waals surface area contributed by atoms with Crippen LogP contribution in [0, 0.1) is 13.8 Å². The maximum Gasteiger partial charge on any atom is 0.573 e. The molecule has 38 heavy (non-hydrogen) atoms. The van der Waals surface area contributed by atoms with E-state index in [1.54, 1.807) is 12.1 Å². The van der Waals surface area contributed by atoms with Crippen LogP contribution in [0.5, 0.6) is 5.75 Å². The van der Waals surface area contributed by atoms with Gasteiger partial charge in [0.2, 0.25) is 0 Å². The number of nitrogens with zero attached hydrogens (tertiary/aromatic N) is 4. The molecule has 0 spiro atoms. The van der Waals surface area contributed by atoms with E-state index in [1.165, 1.54) is 35.3 Å². The zero-order valence-electron chi connectivity index (χ0n) is 20.8. The first-order valence-electron chi connectivity index (χ1n) is 11.6. The average Bonchev–Trinajstić information content (AvgIpc) is 3.37. The number of halogens is 3. The highest BCUT2D eigenvalue weighted by atomic mass is 19.4. The summed E-state index contributed by atoms with van der Waals surface area (Å²) in [4.78, 5) is 21.7. The number of para-hydroxylation sites is 1. The van der Waals surface area contributed by atoms with Gasteiger partial charge in [0.05, 0.1) is 11.4 Å². The fourth-order valence-electron chi connectivity index (χ4n) is 3.69. The summed E-state index contributed by atoms with van der Waals surface area (Å²) in [6.45, 7) is 5.69. The molecule has 11 heteroatoms. The second-order valence-corrected chi connectivity index (χ2v) is 8.29. The van der Waals surface area contributed by atoms with Crippen molar-refractivity contribution in [3.8, 4) is 22.8 Å². The molecule has 0 fully saturated rings.